The number of ether oxygens (including phenoxy) is 3. The number of nitrogens with one attached hydrogen (secondary N) is 1. The van der Waals surface area contributed by atoms with Gasteiger partial charge in [0.25, 0.3) is 5.91 Å². The number of hydrogen-bond donors (Lipinski definition) is 1. The number of hydrogen-bond acceptors (Lipinski definition) is 4. The van der Waals surface area contributed by atoms with E-state index in [1.165, 1.54) is 7.11 Å². The van der Waals surface area contributed by atoms with Crippen molar-refractivity contribution in [3.05, 3.63) is 52.5 Å². The molecule has 1 atom stereocenters. The third-order valence-corrected chi connectivity index (χ3v) is 3.83. The van der Waals surface area contributed by atoms with Crippen molar-refractivity contribution in [2.45, 2.75) is 26.2 Å². The molecule has 6 heteroatoms. The minimum Gasteiger partial charge on any atom is -0.493 e. The van der Waals surface area contributed by atoms with E-state index in [4.69, 9.17) is 25.8 Å². The highest BCUT2D eigenvalue weighted by Crippen LogP contribution is 2.40. The van der Waals surface area contributed by atoms with E-state index in [9.17, 15) is 4.79 Å². The highest BCUT2D eigenvalue weighted by atomic mass is 35.5. The van der Waals surface area contributed by atoms with Gasteiger partial charge in [-0.05, 0) is 38.1 Å². The molecule has 2 aromatic rings. The highest BCUT2D eigenvalue weighted by molar-refractivity contribution is 6.32. The predicted molar refractivity (Wildman–Crippen MR) is 91.0 cm³/mol. The van der Waals surface area contributed by atoms with Crippen LogP contribution < -0.4 is 19.5 Å². The molecule has 0 saturated heterocycles. The zero-order valence-electron chi connectivity index (χ0n) is 13.6. The lowest BCUT2D eigenvalue weighted by molar-refractivity contribution is 0.0755. The number of fused-ring (bicyclic) bond motifs is 1. The van der Waals surface area contributed by atoms with E-state index >= 15 is 0 Å². The van der Waals surface area contributed by atoms with E-state index in [1.54, 1.807) is 30.3 Å². The molecule has 0 radical (unpaired) electrons. The molecule has 2 aromatic carbocycles. The van der Waals surface area contributed by atoms with Gasteiger partial charge >= 0.3 is 0 Å². The van der Waals surface area contributed by atoms with Gasteiger partial charge in [-0.15, -0.1) is 0 Å². The van der Waals surface area contributed by atoms with Crippen LogP contribution in [0.5, 0.6) is 17.2 Å². The molecule has 1 aliphatic heterocycles. The van der Waals surface area contributed by atoms with Crippen molar-refractivity contribution < 1.29 is 19.0 Å². The van der Waals surface area contributed by atoms with Crippen LogP contribution in [0.25, 0.3) is 0 Å². The number of carbonyl (C=O) groups excluding carboxylic acids is 1. The van der Waals surface area contributed by atoms with E-state index in [2.05, 4.69) is 5.32 Å². The number of carbonyl (C=O) groups is 1. The van der Waals surface area contributed by atoms with Gasteiger partial charge in [-0.3, -0.25) is 4.79 Å². The summed E-state index contributed by atoms with van der Waals surface area (Å²) in [6, 6.07) is 10.6. The second-order valence-electron chi connectivity index (χ2n) is 5.67. The Labute approximate surface area is 145 Å². The van der Waals surface area contributed by atoms with Crippen LogP contribution in [-0.4, -0.2) is 19.1 Å². The standard InChI is InChI=1S/C18H18ClNO4/c1-10(2)23-16-13(19)8-11(9-15(16)22-3)18-20-17(21)12-6-4-5-7-14(12)24-18/h4-10,18H,1-3H3,(H,20,21). The fourth-order valence-corrected chi connectivity index (χ4v) is 2.77. The average molecular weight is 348 g/mol. The van der Waals surface area contributed by atoms with Crippen LogP contribution in [0.1, 0.15) is 36.0 Å². The van der Waals surface area contributed by atoms with Gasteiger partial charge in [-0.25, -0.2) is 0 Å². The Bertz CT molecular complexity index is 776. The predicted octanol–water partition coefficient (Wildman–Crippen LogP) is 3.96. The molecule has 0 aromatic heterocycles. The van der Waals surface area contributed by atoms with Gasteiger partial charge in [0.1, 0.15) is 5.75 Å². The molecule has 1 heterocycles. The lowest BCUT2D eigenvalue weighted by Gasteiger charge is -2.27. The molecule has 0 spiro atoms. The van der Waals surface area contributed by atoms with Gasteiger partial charge in [-0.2, -0.15) is 0 Å². The summed E-state index contributed by atoms with van der Waals surface area (Å²) < 4.78 is 17.0. The summed E-state index contributed by atoms with van der Waals surface area (Å²) in [5, 5.41) is 3.21. The second-order valence-corrected chi connectivity index (χ2v) is 6.08. The van der Waals surface area contributed by atoms with Crippen molar-refractivity contribution in [1.29, 1.82) is 0 Å². The number of halogens is 1. The van der Waals surface area contributed by atoms with Crippen LogP contribution in [0.2, 0.25) is 5.02 Å². The summed E-state index contributed by atoms with van der Waals surface area (Å²) in [6.45, 7) is 3.82. The molecular formula is C18H18ClNO4. The molecule has 5 nitrogen and oxygen atoms in total. The lowest BCUT2D eigenvalue weighted by Crippen LogP contribution is -2.36. The Kier molecular flexibility index (Phi) is 4.53. The molecule has 0 saturated carbocycles. The molecule has 0 aliphatic carbocycles. The molecule has 0 bridgehead atoms. The molecule has 126 valence electrons. The summed E-state index contributed by atoms with van der Waals surface area (Å²) >= 11 is 6.34. The molecule has 1 aliphatic rings. The number of benzene rings is 2. The maximum absolute atomic E-state index is 12.2. The van der Waals surface area contributed by atoms with Gasteiger partial charge in [0.15, 0.2) is 17.7 Å². The quantitative estimate of drug-likeness (QED) is 0.909. The maximum Gasteiger partial charge on any atom is 0.258 e. The first-order valence-corrected chi connectivity index (χ1v) is 7.98. The van der Waals surface area contributed by atoms with E-state index in [0.717, 1.165) is 0 Å². The smallest absolute Gasteiger partial charge is 0.258 e. The first-order chi connectivity index (χ1) is 11.5. The Morgan fingerprint density at radius 2 is 2.00 bits per heavy atom. The Hall–Kier alpha value is -2.40. The molecular weight excluding hydrogens is 330 g/mol. The van der Waals surface area contributed by atoms with Crippen LogP contribution in [0, 0.1) is 0 Å². The van der Waals surface area contributed by atoms with E-state index in [1.807, 2.05) is 19.9 Å². The fourth-order valence-electron chi connectivity index (χ4n) is 2.50. The average Bonchev–Trinajstić information content (AvgIpc) is 2.56. The van der Waals surface area contributed by atoms with Crippen molar-refractivity contribution >= 4 is 17.5 Å². The second kappa shape index (κ2) is 6.61. The molecule has 0 fully saturated rings. The van der Waals surface area contributed by atoms with Crippen molar-refractivity contribution in [3.8, 4) is 17.2 Å². The minimum atomic E-state index is -0.646. The molecule has 24 heavy (non-hydrogen) atoms. The topological polar surface area (TPSA) is 56.8 Å². The normalized spacial score (nSPS) is 16.2. The van der Waals surface area contributed by atoms with Crippen molar-refractivity contribution in [2.75, 3.05) is 7.11 Å². The first kappa shape index (κ1) is 16.5. The van der Waals surface area contributed by atoms with Gasteiger partial charge < -0.3 is 19.5 Å². The fraction of sp³-hybridized carbons (Fsp3) is 0.278. The molecule has 1 unspecified atom stereocenters. The molecule has 1 N–H and O–H groups in total. The van der Waals surface area contributed by atoms with E-state index in [-0.39, 0.29) is 12.0 Å². The maximum atomic E-state index is 12.2. The van der Waals surface area contributed by atoms with Crippen LogP contribution >= 0.6 is 11.6 Å². The summed E-state index contributed by atoms with van der Waals surface area (Å²) in [5.41, 5.74) is 1.18. The van der Waals surface area contributed by atoms with Crippen molar-refractivity contribution in [1.82, 2.24) is 5.32 Å². The third-order valence-electron chi connectivity index (χ3n) is 3.55. The van der Waals surface area contributed by atoms with Gasteiger partial charge in [0.05, 0.1) is 23.8 Å². The monoisotopic (exact) mass is 347 g/mol. The number of methoxy groups -OCH3 is 1. The largest absolute Gasteiger partial charge is 0.493 e. The van der Waals surface area contributed by atoms with Gasteiger partial charge in [-0.1, -0.05) is 23.7 Å². The lowest BCUT2D eigenvalue weighted by atomic mass is 10.1. The number of rotatable bonds is 4. The summed E-state index contributed by atoms with van der Waals surface area (Å²) in [4.78, 5) is 12.2. The zero-order chi connectivity index (χ0) is 17.3. The van der Waals surface area contributed by atoms with Crippen molar-refractivity contribution in [3.63, 3.8) is 0 Å². The van der Waals surface area contributed by atoms with Crippen LogP contribution in [0.3, 0.4) is 0 Å². The van der Waals surface area contributed by atoms with Gasteiger partial charge in [0, 0.05) is 5.56 Å². The number of para-hydroxylation sites is 1. The third kappa shape index (κ3) is 3.12. The Morgan fingerprint density at radius 1 is 1.25 bits per heavy atom. The van der Waals surface area contributed by atoms with Crippen LogP contribution in [-0.2, 0) is 0 Å². The van der Waals surface area contributed by atoms with Crippen molar-refractivity contribution in [2.24, 2.45) is 0 Å². The SMILES string of the molecule is COc1cc(C2NC(=O)c3ccccc3O2)cc(Cl)c1OC(C)C. The Balaban J connectivity index is 1.96. The number of amides is 1. The van der Waals surface area contributed by atoms with Crippen LogP contribution in [0.4, 0.5) is 0 Å². The minimum absolute atomic E-state index is 0.0419. The summed E-state index contributed by atoms with van der Waals surface area (Å²) in [6.07, 6.45) is -0.688. The molecule has 3 rings (SSSR count). The zero-order valence-corrected chi connectivity index (χ0v) is 14.4. The molecule has 1 amide bonds. The summed E-state index contributed by atoms with van der Waals surface area (Å²) in [5.74, 6) is 1.30. The first-order valence-electron chi connectivity index (χ1n) is 7.60. The summed E-state index contributed by atoms with van der Waals surface area (Å²) in [7, 11) is 1.54. The van der Waals surface area contributed by atoms with Gasteiger partial charge in [0.2, 0.25) is 0 Å². The Morgan fingerprint density at radius 3 is 2.71 bits per heavy atom. The highest BCUT2D eigenvalue weighted by Gasteiger charge is 2.28. The van der Waals surface area contributed by atoms with E-state index in [0.29, 0.717) is 33.4 Å². The van der Waals surface area contributed by atoms with Crippen LogP contribution in [0.15, 0.2) is 36.4 Å². The van der Waals surface area contributed by atoms with E-state index < -0.39 is 6.23 Å².